The van der Waals surface area contributed by atoms with Crippen LogP contribution in [0.5, 0.6) is 0 Å². The molecule has 2 rings (SSSR count). The van der Waals surface area contributed by atoms with Crippen molar-refractivity contribution in [3.05, 3.63) is 35.5 Å². The summed E-state index contributed by atoms with van der Waals surface area (Å²) < 4.78 is 39.7. The highest BCUT2D eigenvalue weighted by molar-refractivity contribution is 5.84. The number of nitrogens with one attached hydrogen (secondary N) is 1. The zero-order valence-electron chi connectivity index (χ0n) is 9.60. The van der Waals surface area contributed by atoms with Crippen LogP contribution in [-0.2, 0) is 19.8 Å². The van der Waals surface area contributed by atoms with Crippen LogP contribution in [0.3, 0.4) is 0 Å². The molecule has 92 valence electrons. The second kappa shape index (κ2) is 4.07. The van der Waals surface area contributed by atoms with Crippen LogP contribution in [0.4, 0.5) is 13.2 Å². The van der Waals surface area contributed by atoms with Crippen molar-refractivity contribution in [2.24, 2.45) is 7.05 Å². The molecule has 0 aliphatic carbocycles. The highest BCUT2D eigenvalue weighted by Gasteiger charge is 2.30. The van der Waals surface area contributed by atoms with E-state index in [1.54, 1.807) is 7.05 Å². The maximum atomic E-state index is 12.6. The second-order valence-corrected chi connectivity index (χ2v) is 4.03. The zero-order chi connectivity index (χ0) is 12.6. The first-order chi connectivity index (χ1) is 7.93. The van der Waals surface area contributed by atoms with Gasteiger partial charge in [0.1, 0.15) is 0 Å². The van der Waals surface area contributed by atoms with Gasteiger partial charge in [0.25, 0.3) is 0 Å². The summed E-state index contributed by atoms with van der Waals surface area (Å²) >= 11 is 0. The minimum Gasteiger partial charge on any atom is -0.350 e. The molecule has 0 radical (unpaired) electrons. The van der Waals surface area contributed by atoms with E-state index in [9.17, 15) is 13.2 Å². The van der Waals surface area contributed by atoms with Crippen molar-refractivity contribution in [3.63, 3.8) is 0 Å². The summed E-state index contributed by atoms with van der Waals surface area (Å²) in [6, 6.07) is 3.84. The first-order valence-corrected chi connectivity index (χ1v) is 5.23. The number of fused-ring (bicyclic) bond motifs is 1. The molecular weight excluding hydrogens is 229 g/mol. The van der Waals surface area contributed by atoms with E-state index >= 15 is 0 Å². The highest BCUT2D eigenvalue weighted by atomic mass is 19.4. The van der Waals surface area contributed by atoms with Gasteiger partial charge in [0.15, 0.2) is 0 Å². The Bertz CT molecular complexity index is 540. The molecular formula is C12H13F3N2. The first-order valence-electron chi connectivity index (χ1n) is 5.23. The molecule has 1 N–H and O–H groups in total. The van der Waals surface area contributed by atoms with Crippen molar-refractivity contribution in [2.45, 2.75) is 12.7 Å². The van der Waals surface area contributed by atoms with Gasteiger partial charge in [-0.25, -0.2) is 0 Å². The number of nitrogens with zero attached hydrogens (tertiary/aromatic N) is 1. The van der Waals surface area contributed by atoms with Gasteiger partial charge in [-0.05, 0) is 30.8 Å². The normalized spacial score (nSPS) is 12.3. The standard InChI is InChI=1S/C12H13F3N2/c1-16-6-8-7-17(2)11-4-3-9(5-10(8)11)12(13,14)15/h3-5,7,16H,6H2,1-2H3. The Labute approximate surface area is 97.0 Å². The summed E-state index contributed by atoms with van der Waals surface area (Å²) in [5, 5.41) is 3.60. The zero-order valence-corrected chi connectivity index (χ0v) is 9.60. The molecule has 0 aliphatic rings. The lowest BCUT2D eigenvalue weighted by atomic mass is 10.1. The number of alkyl halides is 3. The minimum absolute atomic E-state index is 0.554. The summed E-state index contributed by atoms with van der Waals surface area (Å²) in [6.07, 6.45) is -2.44. The average molecular weight is 242 g/mol. The molecule has 1 aromatic heterocycles. The summed E-state index contributed by atoms with van der Waals surface area (Å²) in [5.41, 5.74) is 1.08. The molecule has 0 bridgehead atoms. The molecule has 0 unspecified atom stereocenters. The Morgan fingerprint density at radius 1 is 1.29 bits per heavy atom. The molecule has 0 fully saturated rings. The predicted octanol–water partition coefficient (Wildman–Crippen LogP) is 2.92. The van der Waals surface area contributed by atoms with E-state index in [-0.39, 0.29) is 0 Å². The molecule has 2 aromatic rings. The fourth-order valence-corrected chi connectivity index (χ4v) is 1.98. The molecule has 17 heavy (non-hydrogen) atoms. The summed E-state index contributed by atoms with van der Waals surface area (Å²) in [5.74, 6) is 0. The van der Waals surface area contributed by atoms with E-state index in [0.29, 0.717) is 11.9 Å². The van der Waals surface area contributed by atoms with Gasteiger partial charge < -0.3 is 9.88 Å². The molecule has 5 heteroatoms. The molecule has 0 saturated carbocycles. The summed E-state index contributed by atoms with van der Waals surface area (Å²) in [4.78, 5) is 0. The minimum atomic E-state index is -4.29. The third-order valence-corrected chi connectivity index (χ3v) is 2.77. The Kier molecular flexibility index (Phi) is 2.87. The fourth-order valence-electron chi connectivity index (χ4n) is 1.98. The van der Waals surface area contributed by atoms with Gasteiger partial charge in [0, 0.05) is 30.7 Å². The molecule has 1 aromatic carbocycles. The fraction of sp³-hybridized carbons (Fsp3) is 0.333. The summed E-state index contributed by atoms with van der Waals surface area (Å²) in [7, 11) is 3.60. The average Bonchev–Trinajstić information content (AvgIpc) is 2.55. The van der Waals surface area contributed by atoms with E-state index in [2.05, 4.69) is 5.32 Å². The van der Waals surface area contributed by atoms with Crippen LogP contribution >= 0.6 is 0 Å². The Morgan fingerprint density at radius 2 is 2.00 bits per heavy atom. The van der Waals surface area contributed by atoms with Crippen molar-refractivity contribution in [1.82, 2.24) is 9.88 Å². The third kappa shape index (κ3) is 2.15. The lowest BCUT2D eigenvalue weighted by Gasteiger charge is -2.07. The molecule has 0 spiro atoms. The smallest absolute Gasteiger partial charge is 0.350 e. The number of rotatable bonds is 2. The number of halogens is 3. The van der Waals surface area contributed by atoms with Gasteiger partial charge in [0.05, 0.1) is 5.56 Å². The van der Waals surface area contributed by atoms with E-state index < -0.39 is 11.7 Å². The Balaban J connectivity index is 2.62. The topological polar surface area (TPSA) is 17.0 Å². The van der Waals surface area contributed by atoms with Gasteiger partial charge in [0.2, 0.25) is 0 Å². The summed E-state index contributed by atoms with van der Waals surface area (Å²) in [6.45, 7) is 0.554. The SMILES string of the molecule is CNCc1cn(C)c2ccc(C(F)(F)F)cc12. The third-order valence-electron chi connectivity index (χ3n) is 2.77. The number of benzene rings is 1. The van der Waals surface area contributed by atoms with Gasteiger partial charge in [-0.2, -0.15) is 13.2 Å². The van der Waals surface area contributed by atoms with Crippen LogP contribution in [-0.4, -0.2) is 11.6 Å². The monoisotopic (exact) mass is 242 g/mol. The van der Waals surface area contributed by atoms with Crippen LogP contribution < -0.4 is 5.32 Å². The lowest BCUT2D eigenvalue weighted by Crippen LogP contribution is -2.06. The maximum absolute atomic E-state index is 12.6. The molecule has 0 atom stereocenters. The first kappa shape index (κ1) is 12.0. The Morgan fingerprint density at radius 3 is 2.59 bits per heavy atom. The lowest BCUT2D eigenvalue weighted by molar-refractivity contribution is -0.137. The molecule has 0 aliphatic heterocycles. The van der Waals surface area contributed by atoms with E-state index in [1.807, 2.05) is 17.8 Å². The number of hydrogen-bond acceptors (Lipinski definition) is 1. The van der Waals surface area contributed by atoms with Crippen molar-refractivity contribution in [3.8, 4) is 0 Å². The van der Waals surface area contributed by atoms with Gasteiger partial charge in [-0.3, -0.25) is 0 Å². The quantitative estimate of drug-likeness (QED) is 0.856. The van der Waals surface area contributed by atoms with E-state index in [1.165, 1.54) is 12.1 Å². The highest BCUT2D eigenvalue weighted by Crippen LogP contribution is 2.32. The van der Waals surface area contributed by atoms with Crippen LogP contribution in [0, 0.1) is 0 Å². The van der Waals surface area contributed by atoms with Crippen LogP contribution in [0.25, 0.3) is 10.9 Å². The molecule has 2 nitrogen and oxygen atoms in total. The number of aryl methyl sites for hydroxylation is 1. The van der Waals surface area contributed by atoms with Gasteiger partial charge in [-0.1, -0.05) is 0 Å². The second-order valence-electron chi connectivity index (χ2n) is 4.03. The van der Waals surface area contributed by atoms with E-state index in [0.717, 1.165) is 17.1 Å². The van der Waals surface area contributed by atoms with Crippen molar-refractivity contribution in [2.75, 3.05) is 7.05 Å². The number of aromatic nitrogens is 1. The van der Waals surface area contributed by atoms with Gasteiger partial charge >= 0.3 is 6.18 Å². The predicted molar refractivity (Wildman–Crippen MR) is 60.7 cm³/mol. The van der Waals surface area contributed by atoms with Crippen LogP contribution in [0.2, 0.25) is 0 Å². The van der Waals surface area contributed by atoms with Crippen LogP contribution in [0.1, 0.15) is 11.1 Å². The number of hydrogen-bond donors (Lipinski definition) is 1. The largest absolute Gasteiger partial charge is 0.416 e. The van der Waals surface area contributed by atoms with E-state index in [4.69, 9.17) is 0 Å². The van der Waals surface area contributed by atoms with Crippen molar-refractivity contribution < 1.29 is 13.2 Å². The van der Waals surface area contributed by atoms with Crippen LogP contribution in [0.15, 0.2) is 24.4 Å². The maximum Gasteiger partial charge on any atom is 0.416 e. The van der Waals surface area contributed by atoms with Gasteiger partial charge in [-0.15, -0.1) is 0 Å². The molecule has 0 saturated heterocycles. The van der Waals surface area contributed by atoms with Crippen molar-refractivity contribution in [1.29, 1.82) is 0 Å². The van der Waals surface area contributed by atoms with Crippen molar-refractivity contribution >= 4 is 10.9 Å². The molecule has 0 amide bonds. The Hall–Kier alpha value is -1.49. The molecule has 1 heterocycles.